The number of hydrogen-bond donors (Lipinski definition) is 1. The molecule has 1 fully saturated rings. The molecule has 0 radical (unpaired) electrons. The van der Waals surface area contributed by atoms with Gasteiger partial charge < -0.3 is 5.32 Å². The molecule has 0 saturated heterocycles. The molecular formula is C17H26ClN. The minimum Gasteiger partial charge on any atom is -0.307 e. The molecule has 19 heavy (non-hydrogen) atoms. The molecule has 0 bridgehead atoms. The quantitative estimate of drug-likeness (QED) is 0.766. The van der Waals surface area contributed by atoms with Crippen molar-refractivity contribution in [2.24, 2.45) is 5.92 Å². The van der Waals surface area contributed by atoms with Gasteiger partial charge in [0.25, 0.3) is 0 Å². The minimum absolute atomic E-state index is 0.467. The van der Waals surface area contributed by atoms with Gasteiger partial charge >= 0.3 is 0 Å². The van der Waals surface area contributed by atoms with Crippen molar-refractivity contribution < 1.29 is 0 Å². The van der Waals surface area contributed by atoms with Crippen molar-refractivity contribution in [3.8, 4) is 0 Å². The fourth-order valence-electron chi connectivity index (χ4n) is 3.32. The van der Waals surface area contributed by atoms with Crippen LogP contribution in [-0.2, 0) is 0 Å². The first-order valence-electron chi connectivity index (χ1n) is 7.76. The average Bonchev–Trinajstić information content (AvgIpc) is 2.46. The van der Waals surface area contributed by atoms with E-state index in [1.807, 2.05) is 12.1 Å². The zero-order valence-corrected chi connectivity index (χ0v) is 12.9. The van der Waals surface area contributed by atoms with Gasteiger partial charge in [-0.1, -0.05) is 56.8 Å². The third-order valence-electron chi connectivity index (χ3n) is 4.53. The normalized spacial score (nSPS) is 25.2. The highest BCUT2D eigenvalue weighted by Gasteiger charge is 2.25. The number of hydrogen-bond acceptors (Lipinski definition) is 1. The maximum absolute atomic E-state index is 5.98. The van der Waals surface area contributed by atoms with Crippen LogP contribution in [0.2, 0.25) is 5.02 Å². The fraction of sp³-hybridized carbons (Fsp3) is 0.647. The molecule has 3 unspecified atom stereocenters. The second-order valence-electron chi connectivity index (χ2n) is 5.74. The number of halogens is 1. The highest BCUT2D eigenvalue weighted by molar-refractivity contribution is 6.30. The van der Waals surface area contributed by atoms with Crippen molar-refractivity contribution in [1.82, 2.24) is 5.32 Å². The lowest BCUT2D eigenvalue weighted by Gasteiger charge is -2.35. The van der Waals surface area contributed by atoms with Crippen LogP contribution in [0.1, 0.15) is 64.0 Å². The molecule has 0 heterocycles. The molecule has 1 saturated carbocycles. The van der Waals surface area contributed by atoms with Crippen molar-refractivity contribution in [2.45, 2.75) is 64.5 Å². The molecule has 1 aliphatic carbocycles. The minimum atomic E-state index is 0.467. The van der Waals surface area contributed by atoms with Crippen LogP contribution in [0.5, 0.6) is 0 Å². The molecule has 2 heteroatoms. The molecule has 1 aliphatic rings. The molecule has 1 aromatic rings. The van der Waals surface area contributed by atoms with Crippen LogP contribution < -0.4 is 5.32 Å². The maximum atomic E-state index is 5.98. The fourth-order valence-corrected chi connectivity index (χ4v) is 3.44. The van der Waals surface area contributed by atoms with Gasteiger partial charge in [0.2, 0.25) is 0 Å². The molecule has 0 aromatic heterocycles. The summed E-state index contributed by atoms with van der Waals surface area (Å²) in [5.41, 5.74) is 1.37. The lowest BCUT2D eigenvalue weighted by Crippen LogP contribution is -2.40. The summed E-state index contributed by atoms with van der Waals surface area (Å²) in [6.45, 7) is 4.59. The summed E-state index contributed by atoms with van der Waals surface area (Å²) in [4.78, 5) is 0. The van der Waals surface area contributed by atoms with Gasteiger partial charge in [-0.3, -0.25) is 0 Å². The Balaban J connectivity index is 2.03. The van der Waals surface area contributed by atoms with Gasteiger partial charge in [0.15, 0.2) is 0 Å². The Morgan fingerprint density at radius 2 is 1.84 bits per heavy atom. The molecule has 3 atom stereocenters. The average molecular weight is 280 g/mol. The van der Waals surface area contributed by atoms with Crippen LogP contribution in [0.4, 0.5) is 0 Å². The van der Waals surface area contributed by atoms with Crippen LogP contribution in [-0.4, -0.2) is 6.04 Å². The van der Waals surface area contributed by atoms with Gasteiger partial charge in [0, 0.05) is 17.1 Å². The van der Waals surface area contributed by atoms with Gasteiger partial charge in [-0.05, 0) is 42.9 Å². The van der Waals surface area contributed by atoms with E-state index in [1.165, 1.54) is 37.7 Å². The molecule has 106 valence electrons. The summed E-state index contributed by atoms with van der Waals surface area (Å²) < 4.78 is 0. The van der Waals surface area contributed by atoms with E-state index in [0.717, 1.165) is 17.4 Å². The Hall–Kier alpha value is -0.530. The zero-order chi connectivity index (χ0) is 13.7. The van der Waals surface area contributed by atoms with Crippen LogP contribution in [0, 0.1) is 5.92 Å². The smallest absolute Gasteiger partial charge is 0.0406 e. The van der Waals surface area contributed by atoms with Crippen molar-refractivity contribution in [3.05, 3.63) is 34.9 Å². The largest absolute Gasteiger partial charge is 0.307 e. The number of rotatable bonds is 5. The molecule has 2 rings (SSSR count). The zero-order valence-electron chi connectivity index (χ0n) is 12.2. The summed E-state index contributed by atoms with van der Waals surface area (Å²) in [5.74, 6) is 0.857. The summed E-state index contributed by atoms with van der Waals surface area (Å²) in [7, 11) is 0. The van der Waals surface area contributed by atoms with E-state index in [1.54, 1.807) is 0 Å². The van der Waals surface area contributed by atoms with Gasteiger partial charge in [0.1, 0.15) is 0 Å². The maximum Gasteiger partial charge on any atom is 0.0406 e. The molecule has 0 aliphatic heterocycles. The molecule has 1 nitrogen and oxygen atoms in total. The summed E-state index contributed by atoms with van der Waals surface area (Å²) >= 11 is 5.98. The third kappa shape index (κ3) is 3.97. The summed E-state index contributed by atoms with van der Waals surface area (Å²) in [5, 5.41) is 4.72. The van der Waals surface area contributed by atoms with E-state index >= 15 is 0 Å². The van der Waals surface area contributed by atoms with Crippen molar-refractivity contribution in [2.75, 3.05) is 0 Å². The predicted octanol–water partition coefficient (Wildman–Crippen LogP) is 5.35. The van der Waals surface area contributed by atoms with E-state index in [9.17, 15) is 0 Å². The third-order valence-corrected chi connectivity index (χ3v) is 4.78. The van der Waals surface area contributed by atoms with E-state index < -0.39 is 0 Å². The van der Waals surface area contributed by atoms with Crippen molar-refractivity contribution >= 4 is 11.6 Å². The van der Waals surface area contributed by atoms with Gasteiger partial charge in [-0.15, -0.1) is 0 Å². The summed E-state index contributed by atoms with van der Waals surface area (Å²) in [6.07, 6.45) is 7.96. The van der Waals surface area contributed by atoms with Gasteiger partial charge in [-0.25, -0.2) is 0 Å². The number of nitrogens with one attached hydrogen (secondary N) is 1. The predicted molar refractivity (Wildman–Crippen MR) is 83.7 cm³/mol. The molecule has 0 spiro atoms. The first kappa shape index (κ1) is 14.9. The summed E-state index contributed by atoms with van der Waals surface area (Å²) in [6, 6.07) is 9.48. The van der Waals surface area contributed by atoms with E-state index in [0.29, 0.717) is 12.1 Å². The highest BCUT2D eigenvalue weighted by atomic mass is 35.5. The SMILES string of the molecule is CCC(NC1CCCCC1CC)c1ccc(Cl)cc1. The second kappa shape index (κ2) is 7.31. The molecule has 0 amide bonds. The van der Waals surface area contributed by atoms with Crippen LogP contribution in [0.15, 0.2) is 24.3 Å². The van der Waals surface area contributed by atoms with Gasteiger partial charge in [-0.2, -0.15) is 0 Å². The highest BCUT2D eigenvalue weighted by Crippen LogP contribution is 2.30. The van der Waals surface area contributed by atoms with Crippen LogP contribution in [0.3, 0.4) is 0 Å². The van der Waals surface area contributed by atoms with Crippen LogP contribution in [0.25, 0.3) is 0 Å². The molecule has 1 N–H and O–H groups in total. The van der Waals surface area contributed by atoms with Crippen molar-refractivity contribution in [3.63, 3.8) is 0 Å². The lowest BCUT2D eigenvalue weighted by molar-refractivity contribution is 0.235. The second-order valence-corrected chi connectivity index (χ2v) is 6.17. The monoisotopic (exact) mass is 279 g/mol. The van der Waals surface area contributed by atoms with E-state index in [-0.39, 0.29) is 0 Å². The first-order chi connectivity index (χ1) is 9.24. The first-order valence-corrected chi connectivity index (χ1v) is 8.13. The van der Waals surface area contributed by atoms with Crippen LogP contribution >= 0.6 is 11.6 Å². The number of benzene rings is 1. The Morgan fingerprint density at radius 3 is 2.47 bits per heavy atom. The van der Waals surface area contributed by atoms with Crippen molar-refractivity contribution in [1.29, 1.82) is 0 Å². The van der Waals surface area contributed by atoms with E-state index in [4.69, 9.17) is 11.6 Å². The van der Waals surface area contributed by atoms with E-state index in [2.05, 4.69) is 31.3 Å². The Morgan fingerprint density at radius 1 is 1.16 bits per heavy atom. The Labute approximate surface area is 122 Å². The Kier molecular flexibility index (Phi) is 5.72. The molecular weight excluding hydrogens is 254 g/mol. The standard InChI is InChI=1S/C17H26ClN/c1-3-13-7-5-6-8-17(13)19-16(4-2)14-9-11-15(18)12-10-14/h9-13,16-17,19H,3-8H2,1-2H3. The van der Waals surface area contributed by atoms with Gasteiger partial charge in [0.05, 0.1) is 0 Å². The topological polar surface area (TPSA) is 12.0 Å². The Bertz CT molecular complexity index is 373. The lowest BCUT2D eigenvalue weighted by atomic mass is 9.82. The molecule has 1 aromatic carbocycles.